The van der Waals surface area contributed by atoms with Gasteiger partial charge in [0.25, 0.3) is 0 Å². The minimum Gasteiger partial charge on any atom is -0.481 e. The number of nitrogens with one attached hydrogen (secondary N) is 2. The molecular formula is C14H15BN2O6. The molecule has 1 rings (SSSR count). The quantitative estimate of drug-likeness (QED) is 0.498. The lowest BCUT2D eigenvalue weighted by molar-refractivity contribution is -0.139. The number of hydrogen-bond acceptors (Lipinski definition) is 5. The van der Waals surface area contributed by atoms with Gasteiger partial charge in [-0.15, -0.1) is 0 Å². The third-order valence-corrected chi connectivity index (χ3v) is 2.69. The summed E-state index contributed by atoms with van der Waals surface area (Å²) < 4.78 is 4.87. The minimum atomic E-state index is -1.37. The zero-order valence-corrected chi connectivity index (χ0v) is 12.4. The molecule has 0 aromatic heterocycles. The summed E-state index contributed by atoms with van der Waals surface area (Å²) in [6.07, 6.45) is -0.656. The molecule has 0 spiro atoms. The van der Waals surface area contributed by atoms with E-state index < -0.39 is 36.1 Å². The van der Waals surface area contributed by atoms with Crippen molar-refractivity contribution in [3.8, 4) is 0 Å². The van der Waals surface area contributed by atoms with Gasteiger partial charge >= 0.3 is 11.9 Å². The topological polar surface area (TPSA) is 122 Å². The molecule has 0 fully saturated rings. The van der Waals surface area contributed by atoms with Crippen molar-refractivity contribution in [2.75, 3.05) is 11.9 Å². The third kappa shape index (κ3) is 5.81. The highest BCUT2D eigenvalue weighted by molar-refractivity contribution is 6.57. The number of carboxylic acids is 1. The highest BCUT2D eigenvalue weighted by atomic mass is 16.5. The highest BCUT2D eigenvalue weighted by Crippen LogP contribution is 2.17. The lowest BCUT2D eigenvalue weighted by atomic mass is 10.1. The molecule has 1 unspecified atom stereocenters. The van der Waals surface area contributed by atoms with Crippen molar-refractivity contribution >= 4 is 37.2 Å². The Morgan fingerprint density at radius 1 is 1.26 bits per heavy atom. The molecular weight excluding hydrogens is 303 g/mol. The fraction of sp³-hybridized carbons (Fsp3) is 0.286. The molecule has 9 heteroatoms. The molecule has 0 saturated heterocycles. The van der Waals surface area contributed by atoms with Crippen molar-refractivity contribution in [1.29, 1.82) is 0 Å². The summed E-state index contributed by atoms with van der Waals surface area (Å²) in [6, 6.07) is 4.68. The fourth-order valence-corrected chi connectivity index (χ4v) is 1.75. The van der Waals surface area contributed by atoms with Gasteiger partial charge in [-0.1, -0.05) is 12.1 Å². The summed E-state index contributed by atoms with van der Waals surface area (Å²) in [5, 5.41) is 13.2. The zero-order valence-electron chi connectivity index (χ0n) is 12.4. The SMILES string of the molecule is [B]C(=O)NC(CC(=O)O)C(=O)Nc1ccccc1C(=O)OCC. The van der Waals surface area contributed by atoms with Crippen LogP contribution >= 0.6 is 0 Å². The monoisotopic (exact) mass is 318 g/mol. The number of carbonyl (C=O) groups is 4. The Hall–Kier alpha value is -2.84. The second-order valence-electron chi connectivity index (χ2n) is 4.41. The molecule has 1 atom stereocenters. The standard InChI is InChI=1S/C14H15BN2O6/c1-2-23-13(21)8-5-3-4-6-9(8)16-12(20)10(7-11(18)19)17-14(15)22/h3-6,10H,2,7H2,1H3,(H,16,20)(H,17,22)(H,18,19). The van der Waals surface area contributed by atoms with Crippen LogP contribution in [0.1, 0.15) is 23.7 Å². The number of amides is 2. The number of rotatable bonds is 7. The Bertz CT molecular complexity index is 603. The van der Waals surface area contributed by atoms with Crippen LogP contribution < -0.4 is 10.6 Å². The van der Waals surface area contributed by atoms with Gasteiger partial charge in [0.05, 0.1) is 24.3 Å². The number of benzene rings is 1. The maximum Gasteiger partial charge on any atom is 0.340 e. The third-order valence-electron chi connectivity index (χ3n) is 2.69. The largest absolute Gasteiger partial charge is 0.481 e. The summed E-state index contributed by atoms with van der Waals surface area (Å²) in [7, 11) is 4.92. The first-order valence-electron chi connectivity index (χ1n) is 6.70. The number of para-hydroxylation sites is 1. The van der Waals surface area contributed by atoms with Gasteiger partial charge in [-0.05, 0) is 19.1 Å². The predicted octanol–water partition coefficient (Wildman–Crippen LogP) is 0.523. The Kier molecular flexibility index (Phi) is 6.79. The minimum absolute atomic E-state index is 0.107. The molecule has 0 aliphatic rings. The van der Waals surface area contributed by atoms with Gasteiger partial charge in [0, 0.05) is 0 Å². The number of aliphatic carboxylic acids is 1. The van der Waals surface area contributed by atoms with Gasteiger partial charge in [0.15, 0.2) is 5.81 Å². The van der Waals surface area contributed by atoms with Crippen molar-refractivity contribution in [1.82, 2.24) is 5.32 Å². The number of anilines is 1. The van der Waals surface area contributed by atoms with E-state index in [2.05, 4.69) is 5.32 Å². The summed E-state index contributed by atoms with van der Waals surface area (Å²) >= 11 is 0. The number of ether oxygens (including phenoxy) is 1. The average Bonchev–Trinajstić information content (AvgIpc) is 2.46. The Balaban J connectivity index is 2.95. The molecule has 8 nitrogen and oxygen atoms in total. The van der Waals surface area contributed by atoms with E-state index in [1.165, 1.54) is 12.1 Å². The van der Waals surface area contributed by atoms with Crippen LogP contribution in [0, 0.1) is 0 Å². The molecule has 1 aromatic rings. The predicted molar refractivity (Wildman–Crippen MR) is 81.4 cm³/mol. The zero-order chi connectivity index (χ0) is 17.4. The molecule has 23 heavy (non-hydrogen) atoms. The van der Waals surface area contributed by atoms with Gasteiger partial charge in [-0.25, -0.2) is 4.79 Å². The average molecular weight is 318 g/mol. The van der Waals surface area contributed by atoms with E-state index in [4.69, 9.17) is 17.7 Å². The maximum absolute atomic E-state index is 12.1. The molecule has 0 heterocycles. The van der Waals surface area contributed by atoms with E-state index in [-0.39, 0.29) is 17.9 Å². The number of esters is 1. The van der Waals surface area contributed by atoms with Crippen molar-refractivity contribution in [2.24, 2.45) is 0 Å². The van der Waals surface area contributed by atoms with Crippen LogP contribution in [0.15, 0.2) is 24.3 Å². The van der Waals surface area contributed by atoms with E-state index in [9.17, 15) is 19.2 Å². The Morgan fingerprint density at radius 2 is 1.91 bits per heavy atom. The van der Waals surface area contributed by atoms with Gasteiger partial charge in [-0.2, -0.15) is 0 Å². The van der Waals surface area contributed by atoms with Crippen LogP contribution in [0.25, 0.3) is 0 Å². The Morgan fingerprint density at radius 3 is 2.48 bits per heavy atom. The first-order chi connectivity index (χ1) is 10.8. The number of carboxylic acid groups (broad SMARTS) is 1. The lowest BCUT2D eigenvalue weighted by Crippen LogP contribution is -2.44. The summed E-state index contributed by atoms with van der Waals surface area (Å²) in [5.41, 5.74) is 0.244. The van der Waals surface area contributed by atoms with Crippen LogP contribution in [-0.4, -0.2) is 49.3 Å². The lowest BCUT2D eigenvalue weighted by Gasteiger charge is -2.17. The molecule has 0 aliphatic heterocycles. The Labute approximate surface area is 133 Å². The van der Waals surface area contributed by atoms with E-state index in [1.54, 1.807) is 19.1 Å². The molecule has 0 saturated carbocycles. The molecule has 2 amide bonds. The first-order valence-corrected chi connectivity index (χ1v) is 6.70. The maximum atomic E-state index is 12.1. The van der Waals surface area contributed by atoms with Crippen LogP contribution in [0.4, 0.5) is 10.5 Å². The second kappa shape index (κ2) is 8.57. The van der Waals surface area contributed by atoms with Crippen molar-refractivity contribution in [3.63, 3.8) is 0 Å². The normalized spacial score (nSPS) is 11.2. The first kappa shape index (κ1) is 18.2. The molecule has 0 bridgehead atoms. The van der Waals surface area contributed by atoms with Crippen molar-refractivity contribution in [2.45, 2.75) is 19.4 Å². The van der Waals surface area contributed by atoms with Crippen molar-refractivity contribution in [3.05, 3.63) is 29.8 Å². The summed E-state index contributed by atoms with van der Waals surface area (Å²) in [4.78, 5) is 45.6. The summed E-state index contributed by atoms with van der Waals surface area (Å²) in [5.74, 6) is -3.79. The highest BCUT2D eigenvalue weighted by Gasteiger charge is 2.24. The van der Waals surface area contributed by atoms with Gasteiger partial charge in [0.1, 0.15) is 6.04 Å². The van der Waals surface area contributed by atoms with Crippen molar-refractivity contribution < 1.29 is 29.0 Å². The van der Waals surface area contributed by atoms with Gasteiger partial charge < -0.3 is 20.5 Å². The molecule has 1 aromatic carbocycles. The van der Waals surface area contributed by atoms with E-state index >= 15 is 0 Å². The van der Waals surface area contributed by atoms with Crippen LogP contribution in [0.3, 0.4) is 0 Å². The van der Waals surface area contributed by atoms with Crippen LogP contribution in [0.5, 0.6) is 0 Å². The number of carbonyl (C=O) groups excluding carboxylic acids is 3. The molecule has 3 N–H and O–H groups in total. The second-order valence-corrected chi connectivity index (χ2v) is 4.41. The molecule has 2 radical (unpaired) electrons. The van der Waals surface area contributed by atoms with Gasteiger partial charge in [-0.3, -0.25) is 14.4 Å². The van der Waals surface area contributed by atoms with Crippen LogP contribution in [0.2, 0.25) is 0 Å². The van der Waals surface area contributed by atoms with Gasteiger partial charge in [0.2, 0.25) is 13.8 Å². The molecule has 0 aliphatic carbocycles. The summed E-state index contributed by atoms with van der Waals surface area (Å²) in [6.45, 7) is 1.80. The van der Waals surface area contributed by atoms with E-state index in [1.807, 2.05) is 5.32 Å². The van der Waals surface area contributed by atoms with E-state index in [0.717, 1.165) is 0 Å². The van der Waals surface area contributed by atoms with Crippen LogP contribution in [-0.2, 0) is 14.3 Å². The smallest absolute Gasteiger partial charge is 0.340 e. The number of hydrogen-bond donors (Lipinski definition) is 3. The molecule has 120 valence electrons. The fourth-order valence-electron chi connectivity index (χ4n) is 1.75. The van der Waals surface area contributed by atoms with E-state index in [0.29, 0.717) is 0 Å².